The average molecular weight is 339 g/mol. The Hall–Kier alpha value is -2.56. The molecule has 0 radical (unpaired) electrons. The van der Waals surface area contributed by atoms with Gasteiger partial charge in [-0.05, 0) is 51.3 Å². The molecule has 1 aromatic heterocycles. The summed E-state index contributed by atoms with van der Waals surface area (Å²) in [6.45, 7) is 13.1. The van der Waals surface area contributed by atoms with E-state index in [1.807, 2.05) is 45.9 Å². The lowest BCUT2D eigenvalue weighted by Crippen LogP contribution is -2.49. The summed E-state index contributed by atoms with van der Waals surface area (Å²) in [4.78, 5) is 14.5. The van der Waals surface area contributed by atoms with Crippen LogP contribution in [0.25, 0.3) is 5.57 Å². The number of carbonyl (C=O) groups excluding carboxylic acids is 1. The largest absolute Gasteiger partial charge is 0.359 e. The predicted molar refractivity (Wildman–Crippen MR) is 98.1 cm³/mol. The Morgan fingerprint density at radius 3 is 2.88 bits per heavy atom. The first-order valence-corrected chi connectivity index (χ1v) is 8.55. The maximum absolute atomic E-state index is 12.8. The molecule has 1 aliphatic rings. The van der Waals surface area contributed by atoms with Gasteiger partial charge in [-0.1, -0.05) is 35.5 Å². The van der Waals surface area contributed by atoms with Crippen molar-refractivity contribution < 1.29 is 9.32 Å². The van der Waals surface area contributed by atoms with Crippen molar-refractivity contribution in [2.75, 3.05) is 6.54 Å². The van der Waals surface area contributed by atoms with Crippen LogP contribution in [0.3, 0.4) is 0 Å². The van der Waals surface area contributed by atoms with Crippen LogP contribution in [0.5, 0.6) is 0 Å². The van der Waals surface area contributed by atoms with Crippen LogP contribution in [0.2, 0.25) is 0 Å². The first kappa shape index (κ1) is 17.3. The zero-order chi connectivity index (χ0) is 18.2. The van der Waals surface area contributed by atoms with E-state index in [-0.39, 0.29) is 6.03 Å². The van der Waals surface area contributed by atoms with Crippen molar-refractivity contribution >= 4 is 11.6 Å². The molecule has 25 heavy (non-hydrogen) atoms. The third-order valence-electron chi connectivity index (χ3n) is 4.82. The van der Waals surface area contributed by atoms with Crippen LogP contribution in [0.15, 0.2) is 35.4 Å². The Morgan fingerprint density at radius 1 is 1.40 bits per heavy atom. The lowest BCUT2D eigenvalue weighted by Gasteiger charge is -2.33. The summed E-state index contributed by atoms with van der Waals surface area (Å²) in [6.07, 6.45) is 0.781. The highest BCUT2D eigenvalue weighted by Crippen LogP contribution is 2.25. The van der Waals surface area contributed by atoms with E-state index in [1.165, 1.54) is 0 Å². The van der Waals surface area contributed by atoms with E-state index in [0.717, 1.165) is 40.1 Å². The SMILES string of the molecule is C=C(C)c1cccc(C(C)(C)NC(=O)N2CCc3c(C)noc3C2)c1. The van der Waals surface area contributed by atoms with Gasteiger partial charge in [0.1, 0.15) is 0 Å². The Labute approximate surface area is 148 Å². The maximum atomic E-state index is 12.8. The van der Waals surface area contributed by atoms with Gasteiger partial charge in [0.05, 0.1) is 17.8 Å². The van der Waals surface area contributed by atoms with Crippen molar-refractivity contribution in [3.63, 3.8) is 0 Å². The van der Waals surface area contributed by atoms with Gasteiger partial charge in [0.2, 0.25) is 0 Å². The highest BCUT2D eigenvalue weighted by molar-refractivity contribution is 5.75. The third kappa shape index (κ3) is 3.45. The van der Waals surface area contributed by atoms with Crippen LogP contribution in [0, 0.1) is 6.92 Å². The third-order valence-corrected chi connectivity index (χ3v) is 4.82. The van der Waals surface area contributed by atoms with Gasteiger partial charge >= 0.3 is 6.03 Å². The van der Waals surface area contributed by atoms with Crippen LogP contribution < -0.4 is 5.32 Å². The highest BCUT2D eigenvalue weighted by Gasteiger charge is 2.30. The van der Waals surface area contributed by atoms with E-state index in [4.69, 9.17) is 4.52 Å². The fourth-order valence-corrected chi connectivity index (χ4v) is 3.14. The van der Waals surface area contributed by atoms with E-state index >= 15 is 0 Å². The first-order chi connectivity index (χ1) is 11.8. The summed E-state index contributed by atoms with van der Waals surface area (Å²) in [6, 6.07) is 8.04. The van der Waals surface area contributed by atoms with Crippen molar-refractivity contribution in [2.24, 2.45) is 0 Å². The van der Waals surface area contributed by atoms with Crippen LogP contribution in [0.1, 0.15) is 48.9 Å². The molecule has 1 aromatic carbocycles. The van der Waals surface area contributed by atoms with E-state index in [2.05, 4.69) is 23.1 Å². The standard InChI is InChI=1S/C20H25N3O2/c1-13(2)15-7-6-8-16(11-15)20(4,5)21-19(24)23-10-9-17-14(3)22-25-18(17)12-23/h6-8,11H,1,9-10,12H2,2-5H3,(H,21,24). The molecule has 0 aliphatic carbocycles. The van der Waals surface area contributed by atoms with Gasteiger partial charge in [-0.2, -0.15) is 0 Å². The van der Waals surface area contributed by atoms with E-state index < -0.39 is 5.54 Å². The van der Waals surface area contributed by atoms with Crippen molar-refractivity contribution in [2.45, 2.75) is 46.2 Å². The Morgan fingerprint density at radius 2 is 2.16 bits per heavy atom. The molecule has 2 heterocycles. The maximum Gasteiger partial charge on any atom is 0.318 e. The average Bonchev–Trinajstić information content (AvgIpc) is 2.95. The Kier molecular flexibility index (Phi) is 4.41. The minimum Gasteiger partial charge on any atom is -0.359 e. The number of urea groups is 1. The number of carbonyl (C=O) groups is 1. The minimum absolute atomic E-state index is 0.0922. The molecule has 3 rings (SSSR count). The summed E-state index contributed by atoms with van der Waals surface area (Å²) >= 11 is 0. The molecule has 1 aliphatic heterocycles. The molecule has 132 valence electrons. The number of fused-ring (bicyclic) bond motifs is 1. The molecule has 0 unspecified atom stereocenters. The number of nitrogens with one attached hydrogen (secondary N) is 1. The number of hydrogen-bond donors (Lipinski definition) is 1. The van der Waals surface area contributed by atoms with Gasteiger partial charge in [-0.3, -0.25) is 0 Å². The van der Waals surface area contributed by atoms with Gasteiger partial charge in [0.15, 0.2) is 5.76 Å². The van der Waals surface area contributed by atoms with E-state index in [0.29, 0.717) is 13.1 Å². The van der Waals surface area contributed by atoms with Crippen LogP contribution in [-0.2, 0) is 18.5 Å². The number of aromatic nitrogens is 1. The normalized spacial score (nSPS) is 14.2. The number of benzene rings is 1. The Bertz CT molecular complexity index is 820. The van der Waals surface area contributed by atoms with Crippen molar-refractivity contribution in [1.82, 2.24) is 15.4 Å². The summed E-state index contributed by atoms with van der Waals surface area (Å²) in [5.74, 6) is 0.793. The second-order valence-corrected chi connectivity index (χ2v) is 7.26. The summed E-state index contributed by atoms with van der Waals surface area (Å²) < 4.78 is 5.34. The van der Waals surface area contributed by atoms with Crippen molar-refractivity contribution in [3.8, 4) is 0 Å². The number of nitrogens with zero attached hydrogens (tertiary/aromatic N) is 2. The van der Waals surface area contributed by atoms with Crippen LogP contribution in [0.4, 0.5) is 4.79 Å². The number of hydrogen-bond acceptors (Lipinski definition) is 3. The molecule has 0 spiro atoms. The molecule has 2 aromatic rings. The number of aryl methyl sites for hydroxylation is 1. The first-order valence-electron chi connectivity index (χ1n) is 8.55. The molecule has 0 fully saturated rings. The second-order valence-electron chi connectivity index (χ2n) is 7.26. The van der Waals surface area contributed by atoms with Crippen molar-refractivity contribution in [3.05, 3.63) is 59.0 Å². The molecule has 2 amide bonds. The van der Waals surface area contributed by atoms with Gasteiger partial charge in [0, 0.05) is 12.1 Å². The quantitative estimate of drug-likeness (QED) is 0.919. The minimum atomic E-state index is -0.486. The van der Waals surface area contributed by atoms with E-state index in [1.54, 1.807) is 4.90 Å². The zero-order valence-corrected chi connectivity index (χ0v) is 15.3. The fourth-order valence-electron chi connectivity index (χ4n) is 3.14. The summed E-state index contributed by atoms with van der Waals surface area (Å²) in [5.41, 5.74) is 4.71. The van der Waals surface area contributed by atoms with Gasteiger partial charge < -0.3 is 14.7 Å². The van der Waals surface area contributed by atoms with E-state index in [9.17, 15) is 4.79 Å². The lowest BCUT2D eigenvalue weighted by molar-refractivity contribution is 0.173. The van der Waals surface area contributed by atoms with Crippen LogP contribution in [-0.4, -0.2) is 22.6 Å². The molecule has 0 saturated carbocycles. The number of allylic oxidation sites excluding steroid dienone is 1. The number of rotatable bonds is 3. The molecule has 0 atom stereocenters. The fraction of sp³-hybridized carbons (Fsp3) is 0.400. The monoisotopic (exact) mass is 339 g/mol. The molecular formula is C20H25N3O2. The molecular weight excluding hydrogens is 314 g/mol. The smallest absolute Gasteiger partial charge is 0.318 e. The topological polar surface area (TPSA) is 58.4 Å². The lowest BCUT2D eigenvalue weighted by atomic mass is 9.91. The zero-order valence-electron chi connectivity index (χ0n) is 15.3. The van der Waals surface area contributed by atoms with Gasteiger partial charge in [-0.25, -0.2) is 4.79 Å². The number of amides is 2. The molecule has 5 heteroatoms. The Balaban J connectivity index is 1.74. The predicted octanol–water partition coefficient (Wildman–Crippen LogP) is 4.02. The highest BCUT2D eigenvalue weighted by atomic mass is 16.5. The molecule has 0 saturated heterocycles. The van der Waals surface area contributed by atoms with Gasteiger partial charge in [0.25, 0.3) is 0 Å². The second kappa shape index (κ2) is 6.39. The van der Waals surface area contributed by atoms with Crippen LogP contribution >= 0.6 is 0 Å². The summed E-state index contributed by atoms with van der Waals surface area (Å²) in [7, 11) is 0. The van der Waals surface area contributed by atoms with Crippen molar-refractivity contribution in [1.29, 1.82) is 0 Å². The van der Waals surface area contributed by atoms with Gasteiger partial charge in [-0.15, -0.1) is 0 Å². The molecule has 1 N–H and O–H groups in total. The molecule has 5 nitrogen and oxygen atoms in total. The summed E-state index contributed by atoms with van der Waals surface area (Å²) in [5, 5.41) is 7.14. The molecule has 0 bridgehead atoms.